The van der Waals surface area contributed by atoms with Crippen molar-refractivity contribution in [3.05, 3.63) is 24.0 Å². The Bertz CT molecular complexity index is 409. The highest BCUT2D eigenvalue weighted by Crippen LogP contribution is 2.16. The number of benzene rings is 1. The molecule has 4 nitrogen and oxygen atoms in total. The Balaban J connectivity index is 2.55. The van der Waals surface area contributed by atoms with E-state index < -0.39 is 5.82 Å². The molecule has 0 bridgehead atoms. The van der Waals surface area contributed by atoms with E-state index in [4.69, 9.17) is 5.73 Å². The number of halogens is 1. The van der Waals surface area contributed by atoms with Crippen LogP contribution in [-0.2, 0) is 4.79 Å². The van der Waals surface area contributed by atoms with Crippen LogP contribution in [0.4, 0.5) is 15.8 Å². The summed E-state index contributed by atoms with van der Waals surface area (Å²) in [4.78, 5) is 13.8. The second kappa shape index (κ2) is 6.96. The smallest absolute Gasteiger partial charge is 0.238 e. The van der Waals surface area contributed by atoms with Gasteiger partial charge < -0.3 is 11.1 Å². The monoisotopic (exact) mass is 253 g/mol. The van der Waals surface area contributed by atoms with Gasteiger partial charge in [-0.2, -0.15) is 0 Å². The number of amides is 1. The molecule has 0 heterocycles. The number of nitrogens with one attached hydrogen (secondary N) is 1. The number of carbonyl (C=O) groups excluding carboxylic acids is 1. The minimum absolute atomic E-state index is 0.0358. The van der Waals surface area contributed by atoms with E-state index in [2.05, 4.69) is 12.2 Å². The van der Waals surface area contributed by atoms with Crippen molar-refractivity contribution < 1.29 is 9.18 Å². The third-order valence-electron chi connectivity index (χ3n) is 2.63. The van der Waals surface area contributed by atoms with Crippen molar-refractivity contribution in [1.82, 2.24) is 4.90 Å². The first kappa shape index (κ1) is 14.4. The van der Waals surface area contributed by atoms with E-state index in [-0.39, 0.29) is 11.6 Å². The minimum Gasteiger partial charge on any atom is -0.396 e. The number of rotatable bonds is 6. The van der Waals surface area contributed by atoms with Gasteiger partial charge in [0.1, 0.15) is 5.82 Å². The quantitative estimate of drug-likeness (QED) is 0.763. The molecule has 100 valence electrons. The van der Waals surface area contributed by atoms with Gasteiger partial charge in [0.25, 0.3) is 0 Å². The zero-order valence-electron chi connectivity index (χ0n) is 10.9. The van der Waals surface area contributed by atoms with Crippen LogP contribution in [-0.4, -0.2) is 30.4 Å². The fraction of sp³-hybridized carbons (Fsp3) is 0.462. The lowest BCUT2D eigenvalue weighted by molar-refractivity contribution is -0.117. The molecule has 1 rings (SSSR count). The molecule has 1 aromatic rings. The average molecular weight is 253 g/mol. The second-order valence-electron chi connectivity index (χ2n) is 4.15. The van der Waals surface area contributed by atoms with Crippen LogP contribution in [0, 0.1) is 5.82 Å². The van der Waals surface area contributed by atoms with Gasteiger partial charge in [0.05, 0.1) is 12.2 Å². The summed E-state index contributed by atoms with van der Waals surface area (Å²) >= 11 is 0. The number of hydrogen-bond donors (Lipinski definition) is 2. The van der Waals surface area contributed by atoms with Gasteiger partial charge in [0.15, 0.2) is 0 Å². The Hall–Kier alpha value is -1.62. The molecule has 0 spiro atoms. The van der Waals surface area contributed by atoms with Gasteiger partial charge in [0.2, 0.25) is 5.91 Å². The third-order valence-corrected chi connectivity index (χ3v) is 2.63. The number of carbonyl (C=O) groups is 1. The predicted octanol–water partition coefficient (Wildman–Crippen LogP) is 2.08. The van der Waals surface area contributed by atoms with E-state index in [1.807, 2.05) is 11.8 Å². The van der Waals surface area contributed by atoms with Gasteiger partial charge >= 0.3 is 0 Å². The molecular formula is C13H20FN3O. The van der Waals surface area contributed by atoms with E-state index in [1.54, 1.807) is 0 Å². The maximum atomic E-state index is 13.0. The third kappa shape index (κ3) is 4.33. The Morgan fingerprint density at radius 1 is 1.44 bits per heavy atom. The molecule has 0 aliphatic carbocycles. The molecule has 0 aliphatic rings. The lowest BCUT2D eigenvalue weighted by Gasteiger charge is -2.18. The highest BCUT2D eigenvalue weighted by Gasteiger charge is 2.09. The first-order valence-corrected chi connectivity index (χ1v) is 6.14. The molecule has 0 radical (unpaired) electrons. The summed E-state index contributed by atoms with van der Waals surface area (Å²) in [7, 11) is 0. The van der Waals surface area contributed by atoms with Crippen molar-refractivity contribution in [1.29, 1.82) is 0 Å². The van der Waals surface area contributed by atoms with Gasteiger partial charge in [-0.15, -0.1) is 0 Å². The van der Waals surface area contributed by atoms with E-state index >= 15 is 0 Å². The van der Waals surface area contributed by atoms with Gasteiger partial charge in [-0.05, 0) is 37.7 Å². The molecule has 0 fully saturated rings. The summed E-state index contributed by atoms with van der Waals surface area (Å²) in [5.41, 5.74) is 5.99. The molecule has 0 unspecified atom stereocenters. The van der Waals surface area contributed by atoms with Crippen LogP contribution in [0.25, 0.3) is 0 Å². The van der Waals surface area contributed by atoms with Crippen molar-refractivity contribution in [2.45, 2.75) is 20.3 Å². The molecule has 0 saturated heterocycles. The fourth-order valence-electron chi connectivity index (χ4n) is 1.69. The molecule has 0 saturated carbocycles. The normalized spacial score (nSPS) is 10.7. The molecule has 18 heavy (non-hydrogen) atoms. The van der Waals surface area contributed by atoms with E-state index in [0.717, 1.165) is 19.5 Å². The van der Waals surface area contributed by atoms with Crippen molar-refractivity contribution in [3.8, 4) is 0 Å². The number of nitrogens with zero attached hydrogens (tertiary/aromatic N) is 1. The van der Waals surface area contributed by atoms with E-state index in [1.165, 1.54) is 18.2 Å². The maximum absolute atomic E-state index is 13.0. The lowest BCUT2D eigenvalue weighted by Crippen LogP contribution is -2.33. The van der Waals surface area contributed by atoms with Crippen molar-refractivity contribution in [2.75, 3.05) is 30.7 Å². The number of anilines is 2. The minimum atomic E-state index is -0.478. The summed E-state index contributed by atoms with van der Waals surface area (Å²) in [5.74, 6) is -0.592. The maximum Gasteiger partial charge on any atom is 0.238 e. The molecule has 0 atom stereocenters. The van der Waals surface area contributed by atoms with Gasteiger partial charge in [-0.1, -0.05) is 13.8 Å². The largest absolute Gasteiger partial charge is 0.396 e. The predicted molar refractivity (Wildman–Crippen MR) is 71.8 cm³/mol. The Morgan fingerprint density at radius 3 is 2.72 bits per heavy atom. The Kier molecular flexibility index (Phi) is 5.58. The zero-order chi connectivity index (χ0) is 13.5. The van der Waals surface area contributed by atoms with Crippen LogP contribution in [0.1, 0.15) is 20.3 Å². The summed E-state index contributed by atoms with van der Waals surface area (Å²) in [6.07, 6.45) is 1.00. The Morgan fingerprint density at radius 2 is 2.17 bits per heavy atom. The van der Waals surface area contributed by atoms with Crippen LogP contribution >= 0.6 is 0 Å². The highest BCUT2D eigenvalue weighted by atomic mass is 19.1. The highest BCUT2D eigenvalue weighted by molar-refractivity contribution is 5.92. The van der Waals surface area contributed by atoms with E-state index in [9.17, 15) is 9.18 Å². The molecular weight excluding hydrogens is 233 g/mol. The van der Waals surface area contributed by atoms with Gasteiger partial charge in [-0.3, -0.25) is 9.69 Å². The van der Waals surface area contributed by atoms with Crippen LogP contribution in [0.3, 0.4) is 0 Å². The summed E-state index contributed by atoms with van der Waals surface area (Å²) in [5, 5.41) is 2.71. The number of nitrogens with two attached hydrogens (primary N) is 1. The Labute approximate surface area is 107 Å². The molecule has 3 N–H and O–H groups in total. The van der Waals surface area contributed by atoms with Gasteiger partial charge in [-0.25, -0.2) is 4.39 Å². The number of likely N-dealkylation sites (N-methyl/N-ethyl adjacent to an activating group) is 1. The van der Waals surface area contributed by atoms with Crippen LogP contribution < -0.4 is 11.1 Å². The van der Waals surface area contributed by atoms with Crippen molar-refractivity contribution >= 4 is 17.3 Å². The standard InChI is InChI=1S/C13H20FN3O/c1-3-7-17(4-2)9-13(18)16-10-5-6-11(14)12(15)8-10/h5-6,8H,3-4,7,9,15H2,1-2H3,(H,16,18). The molecule has 1 aromatic carbocycles. The molecule has 5 heteroatoms. The average Bonchev–Trinajstić information content (AvgIpc) is 2.33. The van der Waals surface area contributed by atoms with Gasteiger partial charge in [0, 0.05) is 5.69 Å². The number of hydrogen-bond acceptors (Lipinski definition) is 3. The number of nitrogen functional groups attached to an aromatic ring is 1. The molecule has 0 aromatic heterocycles. The first-order valence-electron chi connectivity index (χ1n) is 6.14. The van der Waals surface area contributed by atoms with Crippen molar-refractivity contribution in [3.63, 3.8) is 0 Å². The fourth-order valence-corrected chi connectivity index (χ4v) is 1.69. The molecule has 0 aliphatic heterocycles. The summed E-state index contributed by atoms with van der Waals surface area (Å²) < 4.78 is 13.0. The summed E-state index contributed by atoms with van der Waals surface area (Å²) in [6.45, 7) is 6.13. The zero-order valence-corrected chi connectivity index (χ0v) is 10.9. The molecule has 1 amide bonds. The second-order valence-corrected chi connectivity index (χ2v) is 4.15. The van der Waals surface area contributed by atoms with E-state index in [0.29, 0.717) is 12.2 Å². The van der Waals surface area contributed by atoms with Crippen LogP contribution in [0.15, 0.2) is 18.2 Å². The summed E-state index contributed by atoms with van der Waals surface area (Å²) in [6, 6.07) is 4.16. The lowest BCUT2D eigenvalue weighted by atomic mass is 10.2. The first-order chi connectivity index (χ1) is 8.56. The SMILES string of the molecule is CCCN(CC)CC(=O)Nc1ccc(F)c(N)c1. The van der Waals surface area contributed by atoms with Crippen LogP contribution in [0.2, 0.25) is 0 Å². The van der Waals surface area contributed by atoms with Crippen LogP contribution in [0.5, 0.6) is 0 Å². The van der Waals surface area contributed by atoms with Crippen molar-refractivity contribution in [2.24, 2.45) is 0 Å². The topological polar surface area (TPSA) is 58.4 Å².